The lowest BCUT2D eigenvalue weighted by Crippen LogP contribution is -2.27. The molecule has 3 N–H and O–H groups in total. The van der Waals surface area contributed by atoms with E-state index in [9.17, 15) is 4.79 Å². The van der Waals surface area contributed by atoms with Gasteiger partial charge >= 0.3 is 0 Å². The Morgan fingerprint density at radius 2 is 1.94 bits per heavy atom. The van der Waals surface area contributed by atoms with Crippen LogP contribution >= 0.6 is 0 Å². The van der Waals surface area contributed by atoms with Crippen molar-refractivity contribution in [3.63, 3.8) is 0 Å². The Balaban J connectivity index is 1.65. The van der Waals surface area contributed by atoms with E-state index in [1.165, 1.54) is 11.1 Å². The van der Waals surface area contributed by atoms with E-state index in [0.717, 1.165) is 37.0 Å². The lowest BCUT2D eigenvalue weighted by molar-refractivity contribution is 0.396. The quantitative estimate of drug-likeness (QED) is 0.430. The maximum atomic E-state index is 12.8. The second-order valence-electron chi connectivity index (χ2n) is 8.26. The van der Waals surface area contributed by atoms with E-state index in [2.05, 4.69) is 44.6 Å². The highest BCUT2D eigenvalue weighted by Crippen LogP contribution is 2.36. The van der Waals surface area contributed by atoms with Crippen LogP contribution in [0.1, 0.15) is 29.9 Å². The molecule has 0 spiro atoms. The van der Waals surface area contributed by atoms with Crippen LogP contribution < -0.4 is 20.9 Å². The molecule has 0 saturated carbocycles. The summed E-state index contributed by atoms with van der Waals surface area (Å²) in [7, 11) is 1.55. The number of hydrogen-bond donors (Lipinski definition) is 3. The smallest absolute Gasteiger partial charge is 0.259 e. The van der Waals surface area contributed by atoms with E-state index in [0.29, 0.717) is 34.4 Å². The summed E-state index contributed by atoms with van der Waals surface area (Å²) in [6, 6.07) is 9.95. The van der Waals surface area contributed by atoms with Gasteiger partial charge in [-0.2, -0.15) is 0 Å². The van der Waals surface area contributed by atoms with Gasteiger partial charge in [-0.3, -0.25) is 9.78 Å². The fourth-order valence-electron chi connectivity index (χ4n) is 4.58. The number of anilines is 2. The van der Waals surface area contributed by atoms with Crippen molar-refractivity contribution in [3.8, 4) is 17.3 Å². The number of nitrogens with zero attached hydrogens (tertiary/aromatic N) is 3. The zero-order chi connectivity index (χ0) is 22.8. The van der Waals surface area contributed by atoms with Gasteiger partial charge < -0.3 is 20.4 Å². The third-order valence-corrected chi connectivity index (χ3v) is 6.16. The second-order valence-corrected chi connectivity index (χ2v) is 8.26. The molecule has 33 heavy (non-hydrogen) atoms. The molecule has 0 atom stereocenters. The number of piperidine rings is 1. The van der Waals surface area contributed by atoms with Crippen molar-refractivity contribution in [3.05, 3.63) is 70.4 Å². The molecule has 8 nitrogen and oxygen atoms in total. The van der Waals surface area contributed by atoms with E-state index in [1.54, 1.807) is 25.7 Å². The van der Waals surface area contributed by atoms with Crippen molar-refractivity contribution in [1.82, 2.24) is 25.3 Å². The fourth-order valence-corrected chi connectivity index (χ4v) is 4.58. The fraction of sp³-hybridized carbons (Fsp3) is 0.280. The molecule has 0 bridgehead atoms. The van der Waals surface area contributed by atoms with Gasteiger partial charge in [0.05, 0.1) is 30.6 Å². The topological polar surface area (TPSA) is 105 Å². The number of rotatable bonds is 5. The highest BCUT2D eigenvalue weighted by molar-refractivity contribution is 5.95. The number of aryl methyl sites for hydroxylation is 1. The molecule has 5 rings (SSSR count). The van der Waals surface area contributed by atoms with Crippen LogP contribution in [0.2, 0.25) is 0 Å². The van der Waals surface area contributed by atoms with E-state index >= 15 is 0 Å². The summed E-state index contributed by atoms with van der Waals surface area (Å²) in [6.07, 6.45) is 6.98. The van der Waals surface area contributed by atoms with E-state index < -0.39 is 0 Å². The number of hydrogen-bond acceptors (Lipinski definition) is 7. The zero-order valence-corrected chi connectivity index (χ0v) is 18.7. The number of aromatic amines is 1. The minimum absolute atomic E-state index is 0.193. The molecule has 4 aromatic rings. The minimum atomic E-state index is -0.193. The lowest BCUT2D eigenvalue weighted by atomic mass is 9.86. The van der Waals surface area contributed by atoms with Crippen LogP contribution in [0.15, 0.2) is 53.7 Å². The third-order valence-electron chi connectivity index (χ3n) is 6.16. The van der Waals surface area contributed by atoms with Gasteiger partial charge in [0, 0.05) is 11.9 Å². The Morgan fingerprint density at radius 3 is 2.76 bits per heavy atom. The normalized spacial score (nSPS) is 14.4. The highest BCUT2D eigenvalue weighted by Gasteiger charge is 2.21. The Labute approximate surface area is 191 Å². The summed E-state index contributed by atoms with van der Waals surface area (Å²) >= 11 is 0. The molecule has 1 aliphatic rings. The van der Waals surface area contributed by atoms with Gasteiger partial charge in [-0.05, 0) is 73.5 Å². The van der Waals surface area contributed by atoms with Crippen molar-refractivity contribution in [2.24, 2.45) is 0 Å². The maximum Gasteiger partial charge on any atom is 0.259 e. The molecule has 4 heterocycles. The van der Waals surface area contributed by atoms with Crippen molar-refractivity contribution in [1.29, 1.82) is 0 Å². The molecule has 1 aromatic carbocycles. The average molecular weight is 443 g/mol. The predicted molar refractivity (Wildman–Crippen MR) is 129 cm³/mol. The van der Waals surface area contributed by atoms with Gasteiger partial charge in [0.2, 0.25) is 5.88 Å². The molecule has 1 saturated heterocycles. The first-order valence-electron chi connectivity index (χ1n) is 11.1. The first kappa shape index (κ1) is 21.1. The molecule has 0 aliphatic carbocycles. The van der Waals surface area contributed by atoms with Gasteiger partial charge in [0.1, 0.15) is 11.5 Å². The largest absolute Gasteiger partial charge is 0.480 e. The summed E-state index contributed by atoms with van der Waals surface area (Å²) < 4.78 is 5.23. The zero-order valence-electron chi connectivity index (χ0n) is 18.7. The van der Waals surface area contributed by atoms with Crippen LogP contribution in [0.3, 0.4) is 0 Å². The number of pyridine rings is 2. The first-order chi connectivity index (χ1) is 16.1. The molecular weight excluding hydrogens is 416 g/mol. The average Bonchev–Trinajstić information content (AvgIpc) is 2.84. The number of nitrogens with one attached hydrogen (secondary N) is 3. The van der Waals surface area contributed by atoms with Gasteiger partial charge in [-0.15, -0.1) is 0 Å². The second kappa shape index (κ2) is 8.99. The molecule has 1 fully saturated rings. The van der Waals surface area contributed by atoms with Crippen LogP contribution in [-0.4, -0.2) is 40.1 Å². The summed E-state index contributed by atoms with van der Waals surface area (Å²) in [5.41, 5.74) is 4.49. The van der Waals surface area contributed by atoms with E-state index in [-0.39, 0.29) is 5.56 Å². The maximum absolute atomic E-state index is 12.8. The molecule has 0 amide bonds. The van der Waals surface area contributed by atoms with Crippen LogP contribution in [-0.2, 0) is 0 Å². The van der Waals surface area contributed by atoms with E-state index in [4.69, 9.17) is 9.72 Å². The number of ether oxygens (including phenoxy) is 1. The van der Waals surface area contributed by atoms with Crippen molar-refractivity contribution >= 4 is 22.3 Å². The molecule has 168 valence electrons. The summed E-state index contributed by atoms with van der Waals surface area (Å²) in [5.74, 6) is 1.35. The Kier molecular flexibility index (Phi) is 5.75. The lowest BCUT2D eigenvalue weighted by Gasteiger charge is -2.27. The van der Waals surface area contributed by atoms with Gasteiger partial charge in [-0.1, -0.05) is 12.1 Å². The van der Waals surface area contributed by atoms with Crippen LogP contribution in [0.5, 0.6) is 5.88 Å². The third kappa shape index (κ3) is 4.17. The number of benzene rings is 1. The van der Waals surface area contributed by atoms with Gasteiger partial charge in [-0.25, -0.2) is 9.97 Å². The number of fused-ring (bicyclic) bond motifs is 1. The number of H-pyrrole nitrogens is 1. The number of methoxy groups -OCH3 is 1. The molecule has 8 heteroatoms. The van der Waals surface area contributed by atoms with E-state index in [1.807, 2.05) is 18.2 Å². The van der Waals surface area contributed by atoms with Crippen LogP contribution in [0.25, 0.3) is 22.2 Å². The summed E-state index contributed by atoms with van der Waals surface area (Å²) in [4.78, 5) is 29.1. The van der Waals surface area contributed by atoms with Crippen molar-refractivity contribution in [2.75, 3.05) is 25.5 Å². The SMILES string of the molecule is COc1cncc(-c2cc3cc[nH]c(=O)c3c(Nc3cccc(C)c3C3CCNCC3)n2)n1. The monoisotopic (exact) mass is 442 g/mol. The van der Waals surface area contributed by atoms with Gasteiger partial charge in [0.15, 0.2) is 0 Å². The summed E-state index contributed by atoms with van der Waals surface area (Å²) in [5, 5.41) is 8.22. The first-order valence-corrected chi connectivity index (χ1v) is 11.1. The van der Waals surface area contributed by atoms with Crippen LogP contribution in [0.4, 0.5) is 11.5 Å². The van der Waals surface area contributed by atoms with Crippen molar-refractivity contribution in [2.45, 2.75) is 25.7 Å². The summed E-state index contributed by atoms with van der Waals surface area (Å²) in [6.45, 7) is 4.15. The molecule has 0 unspecified atom stereocenters. The Morgan fingerprint density at radius 1 is 1.09 bits per heavy atom. The number of aromatic nitrogens is 4. The Hall–Kier alpha value is -3.78. The Bertz CT molecular complexity index is 1360. The molecule has 1 aliphatic heterocycles. The standard InChI is InChI=1S/C25H26N6O2/c1-15-4-3-5-18(22(15)16-6-9-26-10-7-16)30-24-23-17(8-11-28-25(23)32)12-19(31-24)20-13-27-14-21(29-20)33-2/h3-5,8,11-14,16,26H,6-7,9-10H2,1-2H3,(H,28,32)(H,30,31). The minimum Gasteiger partial charge on any atom is -0.480 e. The van der Waals surface area contributed by atoms with Crippen molar-refractivity contribution < 1.29 is 4.74 Å². The van der Waals surface area contributed by atoms with Crippen LogP contribution in [0, 0.1) is 6.92 Å². The molecule has 3 aromatic heterocycles. The highest BCUT2D eigenvalue weighted by atomic mass is 16.5. The van der Waals surface area contributed by atoms with Gasteiger partial charge in [0.25, 0.3) is 5.56 Å². The molecule has 0 radical (unpaired) electrons. The predicted octanol–water partition coefficient (Wildman–Crippen LogP) is 3.91. The molecular formula is C25H26N6O2.